The molecule has 0 radical (unpaired) electrons. The van der Waals surface area contributed by atoms with Crippen LogP contribution in [0.15, 0.2) is 54.6 Å². The maximum absolute atomic E-state index is 12.3. The Hall–Kier alpha value is -3.08. The van der Waals surface area contributed by atoms with Crippen molar-refractivity contribution in [3.8, 4) is 5.75 Å². The number of carbonyl (C=O) groups is 2. The minimum atomic E-state index is -0.303. The highest BCUT2D eigenvalue weighted by atomic mass is 16.5. The smallest absolute Gasteiger partial charge is 0.253 e. The number of anilines is 1. The van der Waals surface area contributed by atoms with Crippen LogP contribution in [0.1, 0.15) is 35.7 Å². The van der Waals surface area contributed by atoms with Crippen LogP contribution >= 0.6 is 0 Å². The molecule has 0 aromatic heterocycles. The van der Waals surface area contributed by atoms with E-state index in [1.54, 1.807) is 30.3 Å². The van der Waals surface area contributed by atoms with Gasteiger partial charge in [-0.3, -0.25) is 9.59 Å². The van der Waals surface area contributed by atoms with Crippen LogP contribution in [0.2, 0.25) is 0 Å². The fraction of sp³-hybridized carbons (Fsp3) is 0.238. The SMILES string of the molecule is CCOc1ccccc1/C=C/C(=O)Nc1ccccc1C(=O)NC1CC1. The first-order valence-electron chi connectivity index (χ1n) is 8.78. The standard InChI is InChI=1S/C21H22N2O3/c1-2-26-19-10-6-3-7-15(19)11-14-20(24)23-18-9-5-4-8-17(18)21(25)22-16-12-13-16/h3-11,14,16H,2,12-13H2,1H3,(H,22,25)(H,23,24)/b14-11+. The highest BCUT2D eigenvalue weighted by Gasteiger charge is 2.24. The summed E-state index contributed by atoms with van der Waals surface area (Å²) in [5.41, 5.74) is 1.79. The largest absolute Gasteiger partial charge is 0.493 e. The van der Waals surface area contributed by atoms with E-state index >= 15 is 0 Å². The Morgan fingerprint density at radius 1 is 1.12 bits per heavy atom. The third kappa shape index (κ3) is 4.72. The summed E-state index contributed by atoms with van der Waals surface area (Å²) in [5.74, 6) is 0.264. The van der Waals surface area contributed by atoms with Gasteiger partial charge in [0.15, 0.2) is 0 Å². The molecule has 0 saturated heterocycles. The topological polar surface area (TPSA) is 67.4 Å². The fourth-order valence-corrected chi connectivity index (χ4v) is 2.53. The van der Waals surface area contributed by atoms with Crippen molar-refractivity contribution in [2.24, 2.45) is 0 Å². The average molecular weight is 350 g/mol. The number of amides is 2. The molecular formula is C21H22N2O3. The van der Waals surface area contributed by atoms with Crippen molar-refractivity contribution >= 4 is 23.6 Å². The molecule has 1 aliphatic rings. The molecule has 134 valence electrons. The molecule has 2 aromatic rings. The van der Waals surface area contributed by atoms with E-state index in [4.69, 9.17) is 4.74 Å². The summed E-state index contributed by atoms with van der Waals surface area (Å²) in [6.45, 7) is 2.47. The molecular weight excluding hydrogens is 328 g/mol. The molecule has 2 aromatic carbocycles. The van der Waals surface area contributed by atoms with Gasteiger partial charge in [-0.25, -0.2) is 0 Å². The normalized spacial score (nSPS) is 13.4. The lowest BCUT2D eigenvalue weighted by Gasteiger charge is -2.10. The van der Waals surface area contributed by atoms with E-state index in [0.29, 0.717) is 17.9 Å². The first-order chi connectivity index (χ1) is 12.7. The number of hydrogen-bond donors (Lipinski definition) is 2. The van der Waals surface area contributed by atoms with Crippen molar-refractivity contribution in [1.29, 1.82) is 0 Å². The molecule has 1 saturated carbocycles. The van der Waals surface area contributed by atoms with Gasteiger partial charge in [0.05, 0.1) is 17.9 Å². The van der Waals surface area contributed by atoms with Crippen molar-refractivity contribution in [2.45, 2.75) is 25.8 Å². The van der Waals surface area contributed by atoms with E-state index in [1.807, 2.05) is 31.2 Å². The summed E-state index contributed by atoms with van der Waals surface area (Å²) in [5, 5.41) is 5.72. The fourth-order valence-electron chi connectivity index (χ4n) is 2.53. The summed E-state index contributed by atoms with van der Waals surface area (Å²) in [7, 11) is 0. The van der Waals surface area contributed by atoms with E-state index in [0.717, 1.165) is 24.2 Å². The third-order valence-electron chi connectivity index (χ3n) is 3.98. The summed E-state index contributed by atoms with van der Waals surface area (Å²) in [6.07, 6.45) is 5.17. The Bertz CT molecular complexity index is 826. The van der Waals surface area contributed by atoms with E-state index in [9.17, 15) is 9.59 Å². The number of rotatable bonds is 7. The summed E-state index contributed by atoms with van der Waals surface area (Å²) < 4.78 is 5.55. The quantitative estimate of drug-likeness (QED) is 0.749. The molecule has 3 rings (SSSR count). The molecule has 2 N–H and O–H groups in total. The zero-order valence-corrected chi connectivity index (χ0v) is 14.7. The Morgan fingerprint density at radius 2 is 1.85 bits per heavy atom. The van der Waals surface area contributed by atoms with Crippen molar-refractivity contribution in [1.82, 2.24) is 5.32 Å². The first-order valence-corrected chi connectivity index (χ1v) is 8.78. The van der Waals surface area contributed by atoms with Crippen molar-refractivity contribution < 1.29 is 14.3 Å². The molecule has 0 atom stereocenters. The second-order valence-corrected chi connectivity index (χ2v) is 6.09. The molecule has 5 heteroatoms. The minimum Gasteiger partial charge on any atom is -0.493 e. The molecule has 0 bridgehead atoms. The van der Waals surface area contributed by atoms with Crippen LogP contribution in [0.4, 0.5) is 5.69 Å². The van der Waals surface area contributed by atoms with Gasteiger partial charge in [-0.15, -0.1) is 0 Å². The van der Waals surface area contributed by atoms with Gasteiger partial charge in [-0.2, -0.15) is 0 Å². The molecule has 1 fully saturated rings. The lowest BCUT2D eigenvalue weighted by molar-refractivity contribution is -0.111. The molecule has 26 heavy (non-hydrogen) atoms. The number of hydrogen-bond acceptors (Lipinski definition) is 3. The predicted octanol–water partition coefficient (Wildman–Crippen LogP) is 3.63. The van der Waals surface area contributed by atoms with Gasteiger partial charge < -0.3 is 15.4 Å². The molecule has 0 unspecified atom stereocenters. The van der Waals surface area contributed by atoms with Gasteiger partial charge in [-0.05, 0) is 44.0 Å². The molecule has 5 nitrogen and oxygen atoms in total. The molecule has 0 aliphatic heterocycles. The van der Waals surface area contributed by atoms with Crippen LogP contribution in [-0.4, -0.2) is 24.5 Å². The van der Waals surface area contributed by atoms with Crippen LogP contribution in [0.5, 0.6) is 5.75 Å². The van der Waals surface area contributed by atoms with Crippen molar-refractivity contribution in [3.05, 3.63) is 65.7 Å². The highest BCUT2D eigenvalue weighted by Crippen LogP contribution is 2.22. The number of ether oxygens (including phenoxy) is 1. The van der Waals surface area contributed by atoms with Gasteiger partial charge in [0.2, 0.25) is 5.91 Å². The zero-order valence-electron chi connectivity index (χ0n) is 14.7. The van der Waals surface area contributed by atoms with Crippen molar-refractivity contribution in [2.75, 3.05) is 11.9 Å². The van der Waals surface area contributed by atoms with Crippen LogP contribution in [-0.2, 0) is 4.79 Å². The number of para-hydroxylation sites is 2. The van der Waals surface area contributed by atoms with E-state index in [2.05, 4.69) is 10.6 Å². The van der Waals surface area contributed by atoms with E-state index in [-0.39, 0.29) is 17.9 Å². The Kier molecular flexibility index (Phi) is 5.69. The Balaban J connectivity index is 1.69. The van der Waals surface area contributed by atoms with E-state index < -0.39 is 0 Å². The highest BCUT2D eigenvalue weighted by molar-refractivity contribution is 6.07. The lowest BCUT2D eigenvalue weighted by atomic mass is 10.1. The van der Waals surface area contributed by atoms with Gasteiger partial charge in [-0.1, -0.05) is 30.3 Å². The summed E-state index contributed by atoms with van der Waals surface area (Å²) in [6, 6.07) is 14.8. The van der Waals surface area contributed by atoms with Crippen LogP contribution in [0.3, 0.4) is 0 Å². The number of benzene rings is 2. The number of carbonyl (C=O) groups excluding carboxylic acids is 2. The molecule has 0 heterocycles. The second-order valence-electron chi connectivity index (χ2n) is 6.09. The maximum Gasteiger partial charge on any atom is 0.253 e. The summed E-state index contributed by atoms with van der Waals surface area (Å²) >= 11 is 0. The first kappa shape index (κ1) is 17.7. The second kappa shape index (κ2) is 8.34. The van der Waals surface area contributed by atoms with Crippen molar-refractivity contribution in [3.63, 3.8) is 0 Å². The lowest BCUT2D eigenvalue weighted by Crippen LogP contribution is -2.26. The predicted molar refractivity (Wildman–Crippen MR) is 102 cm³/mol. The minimum absolute atomic E-state index is 0.158. The maximum atomic E-state index is 12.3. The third-order valence-corrected chi connectivity index (χ3v) is 3.98. The average Bonchev–Trinajstić information content (AvgIpc) is 3.45. The van der Waals surface area contributed by atoms with Crippen LogP contribution in [0.25, 0.3) is 6.08 Å². The molecule has 2 amide bonds. The van der Waals surface area contributed by atoms with Gasteiger partial charge in [0.1, 0.15) is 5.75 Å². The number of nitrogens with one attached hydrogen (secondary N) is 2. The Labute approximate surface area is 153 Å². The summed E-state index contributed by atoms with van der Waals surface area (Å²) in [4.78, 5) is 24.6. The molecule has 0 spiro atoms. The zero-order chi connectivity index (χ0) is 18.4. The molecule has 1 aliphatic carbocycles. The van der Waals surface area contributed by atoms with Crippen LogP contribution in [0, 0.1) is 0 Å². The van der Waals surface area contributed by atoms with Gasteiger partial charge >= 0.3 is 0 Å². The van der Waals surface area contributed by atoms with Crippen LogP contribution < -0.4 is 15.4 Å². The monoisotopic (exact) mass is 350 g/mol. The van der Waals surface area contributed by atoms with E-state index in [1.165, 1.54) is 6.08 Å². The van der Waals surface area contributed by atoms with Gasteiger partial charge in [0.25, 0.3) is 5.91 Å². The van der Waals surface area contributed by atoms with Gasteiger partial charge in [0, 0.05) is 17.7 Å². The Morgan fingerprint density at radius 3 is 2.62 bits per heavy atom.